The first-order chi connectivity index (χ1) is 7.40. The molecule has 0 aliphatic carbocycles. The number of alkyl carbamates (subject to hydrolysis) is 1. The fourth-order valence-electron chi connectivity index (χ4n) is 1.67. The van der Waals surface area contributed by atoms with Gasteiger partial charge in [0.2, 0.25) is 0 Å². The van der Waals surface area contributed by atoms with Crippen molar-refractivity contribution in [2.24, 2.45) is 0 Å². The maximum absolute atomic E-state index is 11.5. The van der Waals surface area contributed by atoms with Crippen LogP contribution in [-0.2, 0) is 9.47 Å². The predicted molar refractivity (Wildman–Crippen MR) is 61.4 cm³/mol. The van der Waals surface area contributed by atoms with Crippen LogP contribution in [0.5, 0.6) is 0 Å². The Hall–Kier alpha value is -0.810. The molecule has 2 N–H and O–H groups in total. The molecule has 2 unspecified atom stereocenters. The molecule has 16 heavy (non-hydrogen) atoms. The van der Waals surface area contributed by atoms with Crippen molar-refractivity contribution in [3.63, 3.8) is 0 Å². The molecule has 1 fully saturated rings. The van der Waals surface area contributed by atoms with E-state index < -0.39 is 5.60 Å². The summed E-state index contributed by atoms with van der Waals surface area (Å²) < 4.78 is 10.4. The number of amides is 1. The van der Waals surface area contributed by atoms with E-state index in [0.29, 0.717) is 0 Å². The van der Waals surface area contributed by atoms with Gasteiger partial charge in [-0.2, -0.15) is 0 Å². The molecule has 94 valence electrons. The van der Waals surface area contributed by atoms with Crippen molar-refractivity contribution >= 4 is 6.09 Å². The lowest BCUT2D eigenvalue weighted by molar-refractivity contribution is 0.0408. The predicted octanol–water partition coefficient (Wildman–Crippen LogP) is 0.888. The van der Waals surface area contributed by atoms with Crippen LogP contribution in [0.2, 0.25) is 0 Å². The second-order valence-electron chi connectivity index (χ2n) is 5.09. The van der Waals surface area contributed by atoms with Crippen molar-refractivity contribution < 1.29 is 14.3 Å². The van der Waals surface area contributed by atoms with Crippen LogP contribution in [0, 0.1) is 0 Å². The number of piperidine rings is 1. The minimum Gasteiger partial charge on any atom is -0.444 e. The first kappa shape index (κ1) is 13.3. The van der Waals surface area contributed by atoms with Gasteiger partial charge < -0.3 is 20.1 Å². The van der Waals surface area contributed by atoms with Gasteiger partial charge in [0.05, 0.1) is 6.10 Å². The number of carbonyl (C=O) groups is 1. The SMILES string of the molecule is COC1CNCC(NC(=O)OC(C)(C)C)C1. The minimum absolute atomic E-state index is 0.0774. The normalized spacial score (nSPS) is 26.2. The van der Waals surface area contributed by atoms with Crippen molar-refractivity contribution in [3.8, 4) is 0 Å². The average Bonchev–Trinajstić information content (AvgIpc) is 2.15. The Balaban J connectivity index is 2.33. The monoisotopic (exact) mass is 230 g/mol. The Morgan fingerprint density at radius 3 is 2.62 bits per heavy atom. The molecule has 1 aliphatic rings. The molecule has 1 amide bonds. The van der Waals surface area contributed by atoms with Gasteiger partial charge in [0.1, 0.15) is 5.60 Å². The number of hydrogen-bond acceptors (Lipinski definition) is 4. The number of methoxy groups -OCH3 is 1. The van der Waals surface area contributed by atoms with Crippen molar-refractivity contribution in [3.05, 3.63) is 0 Å². The van der Waals surface area contributed by atoms with Crippen LogP contribution >= 0.6 is 0 Å². The van der Waals surface area contributed by atoms with Crippen molar-refractivity contribution in [1.29, 1.82) is 0 Å². The highest BCUT2D eigenvalue weighted by Crippen LogP contribution is 2.09. The molecule has 0 aromatic rings. The third kappa shape index (κ3) is 4.81. The zero-order chi connectivity index (χ0) is 12.2. The van der Waals surface area contributed by atoms with Crippen molar-refractivity contribution in [2.75, 3.05) is 20.2 Å². The Morgan fingerprint density at radius 2 is 2.06 bits per heavy atom. The first-order valence-corrected chi connectivity index (χ1v) is 5.64. The lowest BCUT2D eigenvalue weighted by Gasteiger charge is -2.30. The summed E-state index contributed by atoms with van der Waals surface area (Å²) in [4.78, 5) is 11.5. The number of hydrogen-bond donors (Lipinski definition) is 2. The van der Waals surface area contributed by atoms with Gasteiger partial charge in [0.25, 0.3) is 0 Å². The zero-order valence-electron chi connectivity index (χ0n) is 10.5. The lowest BCUT2D eigenvalue weighted by atomic mass is 10.1. The third-order valence-corrected chi connectivity index (χ3v) is 2.36. The number of nitrogens with one attached hydrogen (secondary N) is 2. The van der Waals surface area contributed by atoms with Crippen LogP contribution in [-0.4, -0.2) is 44.0 Å². The van der Waals surface area contributed by atoms with Crippen LogP contribution in [0.25, 0.3) is 0 Å². The van der Waals surface area contributed by atoms with Crippen LogP contribution in [0.1, 0.15) is 27.2 Å². The van der Waals surface area contributed by atoms with E-state index >= 15 is 0 Å². The lowest BCUT2D eigenvalue weighted by Crippen LogP contribution is -2.51. The van der Waals surface area contributed by atoms with Gasteiger partial charge in [-0.05, 0) is 27.2 Å². The summed E-state index contributed by atoms with van der Waals surface area (Å²) in [6.45, 7) is 7.15. The van der Waals surface area contributed by atoms with E-state index in [1.165, 1.54) is 0 Å². The van der Waals surface area contributed by atoms with Crippen molar-refractivity contribution in [1.82, 2.24) is 10.6 Å². The van der Waals surface area contributed by atoms with Gasteiger partial charge in [-0.25, -0.2) is 4.79 Å². The number of rotatable bonds is 2. The molecule has 5 nitrogen and oxygen atoms in total. The molecule has 0 saturated carbocycles. The van der Waals surface area contributed by atoms with Gasteiger partial charge in [-0.3, -0.25) is 0 Å². The standard InChI is InChI=1S/C11H22N2O3/c1-11(2,3)16-10(14)13-8-5-9(15-4)7-12-6-8/h8-9,12H,5-7H2,1-4H3,(H,13,14). The topological polar surface area (TPSA) is 59.6 Å². The Kier molecular flexibility index (Phi) is 4.56. The molecular formula is C11H22N2O3. The molecule has 0 radical (unpaired) electrons. The third-order valence-electron chi connectivity index (χ3n) is 2.36. The number of carbonyl (C=O) groups excluding carboxylic acids is 1. The number of ether oxygens (including phenoxy) is 2. The minimum atomic E-state index is -0.452. The largest absolute Gasteiger partial charge is 0.444 e. The van der Waals surface area contributed by atoms with Gasteiger partial charge in [-0.15, -0.1) is 0 Å². The molecule has 1 rings (SSSR count). The first-order valence-electron chi connectivity index (χ1n) is 5.64. The molecule has 1 aliphatic heterocycles. The average molecular weight is 230 g/mol. The summed E-state index contributed by atoms with van der Waals surface area (Å²) in [7, 11) is 1.68. The molecule has 0 aromatic heterocycles. The summed E-state index contributed by atoms with van der Waals surface area (Å²) in [5.41, 5.74) is -0.452. The molecular weight excluding hydrogens is 208 g/mol. The Morgan fingerprint density at radius 1 is 1.38 bits per heavy atom. The molecule has 0 aromatic carbocycles. The van der Waals surface area contributed by atoms with Crippen molar-refractivity contribution in [2.45, 2.75) is 44.9 Å². The summed E-state index contributed by atoms with van der Waals surface area (Å²) >= 11 is 0. The fraction of sp³-hybridized carbons (Fsp3) is 0.909. The van der Waals surface area contributed by atoms with Gasteiger partial charge in [0.15, 0.2) is 0 Å². The summed E-state index contributed by atoms with van der Waals surface area (Å²) in [6.07, 6.45) is 0.618. The summed E-state index contributed by atoms with van der Waals surface area (Å²) in [5, 5.41) is 6.04. The van der Waals surface area contributed by atoms with E-state index in [0.717, 1.165) is 19.5 Å². The summed E-state index contributed by atoms with van der Waals surface area (Å²) in [5.74, 6) is 0. The van der Waals surface area contributed by atoms with Gasteiger partial charge >= 0.3 is 6.09 Å². The smallest absolute Gasteiger partial charge is 0.407 e. The molecule has 0 bridgehead atoms. The second kappa shape index (κ2) is 5.50. The van der Waals surface area contributed by atoms with E-state index in [-0.39, 0.29) is 18.2 Å². The van der Waals surface area contributed by atoms with E-state index in [2.05, 4.69) is 10.6 Å². The maximum atomic E-state index is 11.5. The molecule has 1 heterocycles. The summed E-state index contributed by atoms with van der Waals surface area (Å²) in [6, 6.07) is 0.0774. The highest BCUT2D eigenvalue weighted by atomic mass is 16.6. The maximum Gasteiger partial charge on any atom is 0.407 e. The molecule has 0 spiro atoms. The van der Waals surface area contributed by atoms with Crippen LogP contribution in [0.3, 0.4) is 0 Å². The highest BCUT2D eigenvalue weighted by Gasteiger charge is 2.24. The van der Waals surface area contributed by atoms with E-state index in [9.17, 15) is 4.79 Å². The highest BCUT2D eigenvalue weighted by molar-refractivity contribution is 5.68. The quantitative estimate of drug-likeness (QED) is 0.739. The fourth-order valence-corrected chi connectivity index (χ4v) is 1.67. The van der Waals surface area contributed by atoms with Crippen LogP contribution in [0.15, 0.2) is 0 Å². The van der Waals surface area contributed by atoms with Crippen LogP contribution in [0.4, 0.5) is 4.79 Å². The van der Waals surface area contributed by atoms with E-state index in [1.807, 2.05) is 20.8 Å². The van der Waals surface area contributed by atoms with E-state index in [1.54, 1.807) is 7.11 Å². The molecule has 2 atom stereocenters. The molecule has 1 saturated heterocycles. The Labute approximate surface area is 96.9 Å². The van der Waals surface area contributed by atoms with Gasteiger partial charge in [-0.1, -0.05) is 0 Å². The second-order valence-corrected chi connectivity index (χ2v) is 5.09. The Bertz CT molecular complexity index is 238. The van der Waals surface area contributed by atoms with Gasteiger partial charge in [0, 0.05) is 26.2 Å². The zero-order valence-corrected chi connectivity index (χ0v) is 10.5. The molecule has 5 heteroatoms. The van der Waals surface area contributed by atoms with E-state index in [4.69, 9.17) is 9.47 Å². The van der Waals surface area contributed by atoms with Crippen LogP contribution < -0.4 is 10.6 Å².